The molecule has 0 N–H and O–H groups in total. The van der Waals surface area contributed by atoms with Gasteiger partial charge in [-0.25, -0.2) is 0 Å². The molecule has 1 amide bonds. The van der Waals surface area contributed by atoms with E-state index in [1.807, 2.05) is 6.07 Å². The van der Waals surface area contributed by atoms with Crippen molar-refractivity contribution in [3.8, 4) is 0 Å². The summed E-state index contributed by atoms with van der Waals surface area (Å²) < 4.78 is 45.1. The SMILES string of the molecule is O=C1CC(CS(=O)(=O)F)CN1c1cccc(C2OCCO2)c1. The maximum absolute atomic E-state index is 12.8. The van der Waals surface area contributed by atoms with Gasteiger partial charge in [0.25, 0.3) is 0 Å². The third-order valence-corrected chi connectivity index (χ3v) is 4.59. The Morgan fingerprint density at radius 2 is 2.00 bits per heavy atom. The third kappa shape index (κ3) is 3.45. The van der Waals surface area contributed by atoms with E-state index in [-0.39, 0.29) is 18.9 Å². The number of hydrogen-bond donors (Lipinski definition) is 0. The molecule has 0 radical (unpaired) electrons. The molecule has 0 bridgehead atoms. The summed E-state index contributed by atoms with van der Waals surface area (Å²) in [6.07, 6.45) is -0.413. The van der Waals surface area contributed by atoms with Crippen molar-refractivity contribution in [3.63, 3.8) is 0 Å². The van der Waals surface area contributed by atoms with Crippen molar-refractivity contribution < 1.29 is 26.6 Å². The Bertz CT molecular complexity index is 672. The zero-order valence-electron chi connectivity index (χ0n) is 11.8. The molecule has 1 atom stereocenters. The van der Waals surface area contributed by atoms with Crippen LogP contribution in [0.4, 0.5) is 9.57 Å². The summed E-state index contributed by atoms with van der Waals surface area (Å²) in [6.45, 7) is 1.24. The summed E-state index contributed by atoms with van der Waals surface area (Å²) in [5.41, 5.74) is 1.43. The van der Waals surface area contributed by atoms with E-state index in [0.717, 1.165) is 5.56 Å². The van der Waals surface area contributed by atoms with E-state index < -0.39 is 28.2 Å². The maximum atomic E-state index is 12.8. The molecule has 1 aromatic rings. The lowest BCUT2D eigenvalue weighted by Gasteiger charge is -2.18. The molecule has 8 heteroatoms. The number of carbonyl (C=O) groups excluding carboxylic acids is 1. The predicted octanol–water partition coefficient (Wildman–Crippen LogP) is 1.38. The Hall–Kier alpha value is -1.51. The van der Waals surface area contributed by atoms with E-state index in [1.165, 1.54) is 4.90 Å². The van der Waals surface area contributed by atoms with Crippen LogP contribution in [0.3, 0.4) is 0 Å². The van der Waals surface area contributed by atoms with Crippen molar-refractivity contribution in [2.24, 2.45) is 5.92 Å². The van der Waals surface area contributed by atoms with E-state index >= 15 is 0 Å². The molecule has 6 nitrogen and oxygen atoms in total. The van der Waals surface area contributed by atoms with Crippen LogP contribution in [0, 0.1) is 5.92 Å². The standard InChI is InChI=1S/C14H16FNO5S/c15-22(18,19)9-10-6-13(17)16(8-10)12-3-1-2-11(7-12)14-20-4-5-21-14/h1-3,7,10,14H,4-6,8-9H2. The third-order valence-electron chi connectivity index (χ3n) is 3.72. The second kappa shape index (κ2) is 5.94. The van der Waals surface area contributed by atoms with Crippen LogP contribution in [0.5, 0.6) is 0 Å². The van der Waals surface area contributed by atoms with Gasteiger partial charge in [0.2, 0.25) is 5.91 Å². The molecular formula is C14H16FNO5S. The molecule has 2 heterocycles. The highest BCUT2D eigenvalue weighted by molar-refractivity contribution is 7.86. The zero-order chi connectivity index (χ0) is 15.7. The maximum Gasteiger partial charge on any atom is 0.302 e. The quantitative estimate of drug-likeness (QED) is 0.781. The molecule has 2 aliphatic rings. The summed E-state index contributed by atoms with van der Waals surface area (Å²) in [5.74, 6) is -1.35. The van der Waals surface area contributed by atoms with Crippen LogP contribution in [0.25, 0.3) is 0 Å². The fourth-order valence-electron chi connectivity index (χ4n) is 2.81. The first kappa shape index (κ1) is 15.4. The molecule has 2 fully saturated rings. The van der Waals surface area contributed by atoms with Gasteiger partial charge in [0.1, 0.15) is 0 Å². The van der Waals surface area contributed by atoms with Gasteiger partial charge in [0.05, 0.1) is 19.0 Å². The zero-order valence-corrected chi connectivity index (χ0v) is 12.6. The minimum atomic E-state index is -4.58. The number of hydrogen-bond acceptors (Lipinski definition) is 5. The van der Waals surface area contributed by atoms with Gasteiger partial charge in [0.15, 0.2) is 6.29 Å². The summed E-state index contributed by atoms with van der Waals surface area (Å²) in [5, 5.41) is 0. The van der Waals surface area contributed by atoms with E-state index in [4.69, 9.17) is 9.47 Å². The molecule has 22 heavy (non-hydrogen) atoms. The van der Waals surface area contributed by atoms with E-state index in [2.05, 4.69) is 0 Å². The second-order valence-corrected chi connectivity index (χ2v) is 6.86. The molecule has 0 saturated carbocycles. The summed E-state index contributed by atoms with van der Waals surface area (Å²) in [6, 6.07) is 7.15. The number of benzene rings is 1. The molecule has 2 saturated heterocycles. The molecule has 0 spiro atoms. The molecule has 120 valence electrons. The van der Waals surface area contributed by atoms with Gasteiger partial charge in [0, 0.05) is 30.1 Å². The van der Waals surface area contributed by atoms with Gasteiger partial charge >= 0.3 is 10.2 Å². The first-order chi connectivity index (χ1) is 10.4. The van der Waals surface area contributed by atoms with Crippen molar-refractivity contribution in [1.29, 1.82) is 0 Å². The van der Waals surface area contributed by atoms with Crippen LogP contribution in [-0.2, 0) is 24.5 Å². The van der Waals surface area contributed by atoms with Crippen molar-refractivity contribution >= 4 is 21.8 Å². The van der Waals surface area contributed by atoms with Crippen LogP contribution in [0.1, 0.15) is 18.3 Å². The molecule has 0 aliphatic carbocycles. The highest BCUT2D eigenvalue weighted by atomic mass is 32.3. The van der Waals surface area contributed by atoms with Gasteiger partial charge in [-0.05, 0) is 12.1 Å². The lowest BCUT2D eigenvalue weighted by atomic mass is 10.1. The molecule has 1 aromatic carbocycles. The Morgan fingerprint density at radius 1 is 1.27 bits per heavy atom. The Labute approximate surface area is 128 Å². The van der Waals surface area contributed by atoms with Gasteiger partial charge in [-0.2, -0.15) is 8.42 Å². The van der Waals surface area contributed by atoms with Gasteiger partial charge in [-0.15, -0.1) is 3.89 Å². The summed E-state index contributed by atoms with van der Waals surface area (Å²) in [4.78, 5) is 13.5. The number of carbonyl (C=O) groups is 1. The molecule has 3 rings (SSSR count). The monoisotopic (exact) mass is 329 g/mol. The van der Waals surface area contributed by atoms with Crippen LogP contribution >= 0.6 is 0 Å². The normalized spacial score (nSPS) is 23.4. The molecular weight excluding hydrogens is 313 g/mol. The van der Waals surface area contributed by atoms with E-state index in [9.17, 15) is 17.1 Å². The minimum Gasteiger partial charge on any atom is -0.346 e. The van der Waals surface area contributed by atoms with Gasteiger partial charge < -0.3 is 14.4 Å². The first-order valence-electron chi connectivity index (χ1n) is 6.98. The number of nitrogens with zero attached hydrogens (tertiary/aromatic N) is 1. The van der Waals surface area contributed by atoms with Crippen molar-refractivity contribution in [3.05, 3.63) is 29.8 Å². The number of rotatable bonds is 4. The average molecular weight is 329 g/mol. The van der Waals surface area contributed by atoms with Crippen molar-refractivity contribution in [2.45, 2.75) is 12.7 Å². The summed E-state index contributed by atoms with van der Waals surface area (Å²) >= 11 is 0. The number of ether oxygens (including phenoxy) is 2. The highest BCUT2D eigenvalue weighted by Crippen LogP contribution is 2.30. The first-order valence-corrected chi connectivity index (χ1v) is 8.53. The summed E-state index contributed by atoms with van der Waals surface area (Å²) in [7, 11) is -4.58. The number of amides is 1. The predicted molar refractivity (Wildman–Crippen MR) is 76.4 cm³/mol. The Morgan fingerprint density at radius 3 is 2.68 bits per heavy atom. The van der Waals surface area contributed by atoms with Crippen LogP contribution in [0.2, 0.25) is 0 Å². The number of anilines is 1. The molecule has 0 aromatic heterocycles. The largest absolute Gasteiger partial charge is 0.346 e. The topological polar surface area (TPSA) is 72.9 Å². The second-order valence-electron chi connectivity index (χ2n) is 5.45. The van der Waals surface area contributed by atoms with Crippen LogP contribution in [-0.4, -0.2) is 39.8 Å². The van der Waals surface area contributed by atoms with Crippen LogP contribution in [0.15, 0.2) is 24.3 Å². The smallest absolute Gasteiger partial charge is 0.302 e. The number of halogens is 1. The van der Waals surface area contributed by atoms with Crippen LogP contribution < -0.4 is 4.90 Å². The van der Waals surface area contributed by atoms with E-state index in [1.54, 1.807) is 18.2 Å². The lowest BCUT2D eigenvalue weighted by Crippen LogP contribution is -2.25. The van der Waals surface area contributed by atoms with E-state index in [0.29, 0.717) is 18.9 Å². The van der Waals surface area contributed by atoms with Gasteiger partial charge in [-0.3, -0.25) is 4.79 Å². The van der Waals surface area contributed by atoms with Gasteiger partial charge in [-0.1, -0.05) is 12.1 Å². The Kier molecular flexibility index (Phi) is 4.16. The molecule has 2 aliphatic heterocycles. The van der Waals surface area contributed by atoms with Crippen molar-refractivity contribution in [1.82, 2.24) is 0 Å². The highest BCUT2D eigenvalue weighted by Gasteiger charge is 2.34. The Balaban J connectivity index is 1.76. The van der Waals surface area contributed by atoms with Crippen molar-refractivity contribution in [2.75, 3.05) is 30.4 Å². The lowest BCUT2D eigenvalue weighted by molar-refractivity contribution is -0.117. The fraction of sp³-hybridized carbons (Fsp3) is 0.500. The average Bonchev–Trinajstić information content (AvgIpc) is 3.07. The fourth-order valence-corrected chi connectivity index (χ4v) is 3.60. The molecule has 1 unspecified atom stereocenters. The minimum absolute atomic E-state index is 0.0316.